The van der Waals surface area contributed by atoms with Crippen molar-refractivity contribution in [2.75, 3.05) is 0 Å². The molecule has 6 nitrogen and oxygen atoms in total. The number of fused-ring (bicyclic) bond motifs is 1. The third-order valence-corrected chi connectivity index (χ3v) is 5.21. The van der Waals surface area contributed by atoms with Gasteiger partial charge in [0.1, 0.15) is 5.82 Å². The molecule has 0 fully saturated rings. The van der Waals surface area contributed by atoms with Crippen molar-refractivity contribution in [3.05, 3.63) is 76.5 Å². The van der Waals surface area contributed by atoms with Gasteiger partial charge >= 0.3 is 5.97 Å². The number of benzene rings is 2. The van der Waals surface area contributed by atoms with Crippen LogP contribution in [0.4, 0.5) is 4.39 Å². The molecule has 3 aromatic rings. The zero-order valence-corrected chi connectivity index (χ0v) is 17.9. The lowest BCUT2D eigenvalue weighted by Crippen LogP contribution is -2.25. The number of aliphatic hydroxyl groups is 2. The number of nitrogens with zero attached hydrogens (tertiary/aromatic N) is 1. The maximum Gasteiger partial charge on any atom is 0.305 e. The van der Waals surface area contributed by atoms with Crippen molar-refractivity contribution in [3.8, 4) is 11.1 Å². The van der Waals surface area contributed by atoms with Gasteiger partial charge in [0.05, 0.1) is 24.3 Å². The minimum absolute atomic E-state index is 0.159. The van der Waals surface area contributed by atoms with E-state index in [4.69, 9.17) is 5.11 Å². The molecule has 0 aliphatic rings. The van der Waals surface area contributed by atoms with E-state index in [1.54, 1.807) is 34.9 Å². The molecule has 0 saturated carbocycles. The SMILES string of the molecule is CC(C)n1c(C=CC(O)CC(O)CC(=O)O)c(-c2ccc(F)cc2)c2ccccc2c1=O. The highest BCUT2D eigenvalue weighted by atomic mass is 19.1. The molecule has 2 aromatic carbocycles. The Morgan fingerprint density at radius 1 is 1.06 bits per heavy atom. The van der Waals surface area contributed by atoms with Crippen LogP contribution in [0, 0.1) is 5.82 Å². The Morgan fingerprint density at radius 3 is 2.28 bits per heavy atom. The number of pyridine rings is 1. The van der Waals surface area contributed by atoms with Crippen molar-refractivity contribution in [1.82, 2.24) is 4.57 Å². The van der Waals surface area contributed by atoms with E-state index < -0.39 is 24.6 Å². The zero-order valence-electron chi connectivity index (χ0n) is 17.9. The first-order chi connectivity index (χ1) is 15.2. The van der Waals surface area contributed by atoms with Crippen molar-refractivity contribution in [3.63, 3.8) is 0 Å². The van der Waals surface area contributed by atoms with Gasteiger partial charge in [0.25, 0.3) is 5.56 Å². The average Bonchev–Trinajstić information content (AvgIpc) is 2.72. The number of carboxylic acid groups (broad SMARTS) is 1. The second kappa shape index (κ2) is 9.89. The molecule has 3 rings (SSSR count). The van der Waals surface area contributed by atoms with Crippen molar-refractivity contribution < 1.29 is 24.5 Å². The second-order valence-electron chi connectivity index (χ2n) is 8.00. The molecule has 0 aliphatic carbocycles. The van der Waals surface area contributed by atoms with Gasteiger partial charge in [-0.05, 0) is 49.1 Å². The Morgan fingerprint density at radius 2 is 1.69 bits per heavy atom. The summed E-state index contributed by atoms with van der Waals surface area (Å²) in [6, 6.07) is 12.9. The molecule has 0 bridgehead atoms. The summed E-state index contributed by atoms with van der Waals surface area (Å²) < 4.78 is 15.2. The Bertz CT molecular complexity index is 1200. The third kappa shape index (κ3) is 5.12. The van der Waals surface area contributed by atoms with Gasteiger partial charge < -0.3 is 19.9 Å². The second-order valence-corrected chi connectivity index (χ2v) is 8.00. The highest BCUT2D eigenvalue weighted by molar-refractivity contribution is 5.99. The molecule has 1 heterocycles. The van der Waals surface area contributed by atoms with E-state index in [9.17, 15) is 24.2 Å². The summed E-state index contributed by atoms with van der Waals surface area (Å²) in [7, 11) is 0. The number of aliphatic carboxylic acids is 1. The maximum atomic E-state index is 13.6. The molecular formula is C25H26FNO5. The van der Waals surface area contributed by atoms with Crippen LogP contribution in [-0.4, -0.2) is 38.1 Å². The molecular weight excluding hydrogens is 413 g/mol. The van der Waals surface area contributed by atoms with Crippen molar-refractivity contribution >= 4 is 22.8 Å². The van der Waals surface area contributed by atoms with Crippen LogP contribution in [0.1, 0.15) is 38.4 Å². The van der Waals surface area contributed by atoms with Crippen LogP contribution < -0.4 is 5.56 Å². The number of carboxylic acids is 1. The highest BCUT2D eigenvalue weighted by Gasteiger charge is 2.19. The average molecular weight is 439 g/mol. The summed E-state index contributed by atoms with van der Waals surface area (Å²) in [4.78, 5) is 24.0. The largest absolute Gasteiger partial charge is 0.481 e. The number of hydrogen-bond acceptors (Lipinski definition) is 4. The normalized spacial score (nSPS) is 13.7. The first-order valence-corrected chi connectivity index (χ1v) is 10.4. The summed E-state index contributed by atoms with van der Waals surface area (Å²) in [5.41, 5.74) is 1.75. The maximum absolute atomic E-state index is 13.6. The van der Waals surface area contributed by atoms with Crippen LogP contribution in [0.3, 0.4) is 0 Å². The van der Waals surface area contributed by atoms with Crippen LogP contribution >= 0.6 is 0 Å². The summed E-state index contributed by atoms with van der Waals surface area (Å²) in [6.07, 6.45) is 0.0813. The first kappa shape index (κ1) is 23.4. The lowest BCUT2D eigenvalue weighted by molar-refractivity contribution is -0.139. The molecule has 1 aromatic heterocycles. The molecule has 7 heteroatoms. The molecule has 168 valence electrons. The van der Waals surface area contributed by atoms with Crippen LogP contribution in [0.25, 0.3) is 28.0 Å². The van der Waals surface area contributed by atoms with E-state index in [1.807, 2.05) is 26.0 Å². The Kier molecular flexibility index (Phi) is 7.22. The number of carbonyl (C=O) groups is 1. The van der Waals surface area contributed by atoms with Gasteiger partial charge in [0.15, 0.2) is 0 Å². The van der Waals surface area contributed by atoms with Gasteiger partial charge in [-0.1, -0.05) is 36.4 Å². The van der Waals surface area contributed by atoms with Crippen molar-refractivity contribution in [1.29, 1.82) is 0 Å². The number of aliphatic hydroxyl groups excluding tert-OH is 2. The topological polar surface area (TPSA) is 99.8 Å². The highest BCUT2D eigenvalue weighted by Crippen LogP contribution is 2.33. The number of rotatable bonds is 8. The van der Waals surface area contributed by atoms with Gasteiger partial charge in [0.2, 0.25) is 0 Å². The fourth-order valence-corrected chi connectivity index (χ4v) is 3.83. The van der Waals surface area contributed by atoms with Gasteiger partial charge in [-0.25, -0.2) is 4.39 Å². The lowest BCUT2D eigenvalue weighted by Gasteiger charge is -2.21. The summed E-state index contributed by atoms with van der Waals surface area (Å²) in [5.74, 6) is -1.54. The molecule has 0 aliphatic heterocycles. The number of halogens is 1. The monoisotopic (exact) mass is 439 g/mol. The predicted molar refractivity (Wildman–Crippen MR) is 122 cm³/mol. The van der Waals surface area contributed by atoms with Gasteiger partial charge in [-0.3, -0.25) is 9.59 Å². The minimum atomic E-state index is -1.20. The van der Waals surface area contributed by atoms with E-state index in [0.717, 1.165) is 0 Å². The van der Waals surface area contributed by atoms with Gasteiger partial charge in [-0.15, -0.1) is 0 Å². The third-order valence-electron chi connectivity index (χ3n) is 5.21. The Labute approximate surface area is 184 Å². The molecule has 0 radical (unpaired) electrons. The molecule has 3 N–H and O–H groups in total. The van der Waals surface area contributed by atoms with Gasteiger partial charge in [-0.2, -0.15) is 0 Å². The van der Waals surface area contributed by atoms with Crippen LogP contribution in [0.2, 0.25) is 0 Å². The quantitative estimate of drug-likeness (QED) is 0.493. The van der Waals surface area contributed by atoms with E-state index in [2.05, 4.69) is 0 Å². The van der Waals surface area contributed by atoms with Crippen LogP contribution in [0.15, 0.2) is 59.4 Å². The zero-order chi connectivity index (χ0) is 23.4. The van der Waals surface area contributed by atoms with E-state index >= 15 is 0 Å². The lowest BCUT2D eigenvalue weighted by atomic mass is 9.95. The van der Waals surface area contributed by atoms with Crippen molar-refractivity contribution in [2.24, 2.45) is 0 Å². The van der Waals surface area contributed by atoms with Crippen molar-refractivity contribution in [2.45, 2.75) is 44.9 Å². The fourth-order valence-electron chi connectivity index (χ4n) is 3.83. The summed E-state index contributed by atoms with van der Waals surface area (Å²) >= 11 is 0. The van der Waals surface area contributed by atoms with E-state index in [0.29, 0.717) is 27.6 Å². The molecule has 0 saturated heterocycles. The summed E-state index contributed by atoms with van der Waals surface area (Å²) in [5, 5.41) is 30.1. The number of aromatic nitrogens is 1. The Hall–Kier alpha value is -3.29. The summed E-state index contributed by atoms with van der Waals surface area (Å²) in [6.45, 7) is 3.74. The van der Waals surface area contributed by atoms with Crippen LogP contribution in [-0.2, 0) is 4.79 Å². The molecule has 2 unspecified atom stereocenters. The Balaban J connectivity index is 2.20. The van der Waals surface area contributed by atoms with Gasteiger partial charge in [0, 0.05) is 23.4 Å². The standard InChI is InChI=1S/C25H26FNO5/c1-15(2)27-22(12-11-18(28)13-19(29)14-23(30)31)24(16-7-9-17(26)10-8-16)20-5-3-4-6-21(20)25(27)32/h3-12,15,18-19,28-29H,13-14H2,1-2H3,(H,30,31). The predicted octanol–water partition coefficient (Wildman–Crippen LogP) is 3.99. The van der Waals surface area contributed by atoms with Crippen LogP contribution in [0.5, 0.6) is 0 Å². The first-order valence-electron chi connectivity index (χ1n) is 10.4. The minimum Gasteiger partial charge on any atom is -0.481 e. The molecule has 0 spiro atoms. The van der Waals surface area contributed by atoms with E-state index in [1.165, 1.54) is 18.2 Å². The van der Waals surface area contributed by atoms with E-state index in [-0.39, 0.29) is 23.8 Å². The molecule has 0 amide bonds. The molecule has 32 heavy (non-hydrogen) atoms. The number of hydrogen-bond donors (Lipinski definition) is 3. The smallest absolute Gasteiger partial charge is 0.305 e. The molecule has 2 atom stereocenters. The fraction of sp³-hybridized carbons (Fsp3) is 0.280.